The first kappa shape index (κ1) is 13.3. The minimum atomic E-state index is -0.969. The van der Waals surface area contributed by atoms with E-state index in [9.17, 15) is 9.90 Å². The zero-order valence-electron chi connectivity index (χ0n) is 11.7. The molecule has 1 aliphatic heterocycles. The summed E-state index contributed by atoms with van der Waals surface area (Å²) < 4.78 is 5.67. The first-order valence-corrected chi connectivity index (χ1v) is 6.49. The molecule has 0 radical (unpaired) electrons. The van der Waals surface area contributed by atoms with Crippen molar-refractivity contribution in [3.8, 4) is 0 Å². The Hall–Kier alpha value is -1.09. The Balaban J connectivity index is 2.49. The molecular formula is C15H22O3. The molecule has 1 N–H and O–H groups in total. The molecule has 0 aromatic rings. The van der Waals surface area contributed by atoms with E-state index in [2.05, 4.69) is 6.58 Å². The molecule has 18 heavy (non-hydrogen) atoms. The van der Waals surface area contributed by atoms with Crippen molar-refractivity contribution >= 4 is 5.97 Å². The van der Waals surface area contributed by atoms with Gasteiger partial charge in [0.05, 0.1) is 0 Å². The summed E-state index contributed by atoms with van der Waals surface area (Å²) >= 11 is 0. The van der Waals surface area contributed by atoms with Gasteiger partial charge in [-0.15, -0.1) is 0 Å². The number of aliphatic hydroxyl groups is 1. The highest BCUT2D eigenvalue weighted by Crippen LogP contribution is 2.55. The lowest BCUT2D eigenvalue weighted by Crippen LogP contribution is -2.51. The van der Waals surface area contributed by atoms with Crippen LogP contribution in [0.4, 0.5) is 0 Å². The van der Waals surface area contributed by atoms with E-state index in [1.165, 1.54) is 0 Å². The predicted molar refractivity (Wildman–Crippen MR) is 70.0 cm³/mol. The molecule has 3 nitrogen and oxygen atoms in total. The monoisotopic (exact) mass is 250 g/mol. The third-order valence-corrected chi connectivity index (χ3v) is 4.55. The topological polar surface area (TPSA) is 46.5 Å². The number of carbonyl (C=O) groups excluding carboxylic acids is 1. The van der Waals surface area contributed by atoms with Gasteiger partial charge >= 0.3 is 5.97 Å². The van der Waals surface area contributed by atoms with Crippen LogP contribution in [0.2, 0.25) is 0 Å². The van der Waals surface area contributed by atoms with Crippen LogP contribution in [0.3, 0.4) is 0 Å². The van der Waals surface area contributed by atoms with Gasteiger partial charge in [-0.2, -0.15) is 0 Å². The van der Waals surface area contributed by atoms with E-state index in [4.69, 9.17) is 4.74 Å². The molecule has 1 heterocycles. The number of allylic oxidation sites excluding steroid dienone is 1. The van der Waals surface area contributed by atoms with Gasteiger partial charge in [0.25, 0.3) is 0 Å². The summed E-state index contributed by atoms with van der Waals surface area (Å²) in [5.41, 5.74) is 0.894. The van der Waals surface area contributed by atoms with Crippen LogP contribution in [-0.2, 0) is 9.53 Å². The molecule has 100 valence electrons. The highest BCUT2D eigenvalue weighted by molar-refractivity contribution is 5.92. The number of rotatable bonds is 1. The van der Waals surface area contributed by atoms with Crippen molar-refractivity contribution in [2.45, 2.75) is 58.2 Å². The molecule has 1 saturated carbocycles. The van der Waals surface area contributed by atoms with Crippen molar-refractivity contribution in [2.24, 2.45) is 5.92 Å². The third-order valence-electron chi connectivity index (χ3n) is 4.55. The summed E-state index contributed by atoms with van der Waals surface area (Å²) in [5.74, 6) is -0.225. The number of carbonyl (C=O) groups is 1. The van der Waals surface area contributed by atoms with Gasteiger partial charge in [0.2, 0.25) is 0 Å². The van der Waals surface area contributed by atoms with E-state index in [-0.39, 0.29) is 11.9 Å². The van der Waals surface area contributed by atoms with Gasteiger partial charge in [-0.25, -0.2) is 4.79 Å². The summed E-state index contributed by atoms with van der Waals surface area (Å²) in [6.45, 7) is 11.5. The van der Waals surface area contributed by atoms with Gasteiger partial charge in [0, 0.05) is 17.9 Å². The van der Waals surface area contributed by atoms with Crippen molar-refractivity contribution in [2.75, 3.05) is 0 Å². The molecule has 3 heteroatoms. The number of esters is 1. The molecule has 0 aromatic carbocycles. The fourth-order valence-corrected chi connectivity index (χ4v) is 3.36. The van der Waals surface area contributed by atoms with Crippen LogP contribution in [-0.4, -0.2) is 22.3 Å². The Morgan fingerprint density at radius 1 is 1.44 bits per heavy atom. The molecule has 2 fully saturated rings. The normalized spacial score (nSPS) is 39.3. The summed E-state index contributed by atoms with van der Waals surface area (Å²) in [6.07, 6.45) is 1.97. The Bertz CT molecular complexity index is 441. The zero-order chi connectivity index (χ0) is 13.7. The van der Waals surface area contributed by atoms with Gasteiger partial charge in [-0.3, -0.25) is 0 Å². The van der Waals surface area contributed by atoms with Crippen LogP contribution in [0.1, 0.15) is 47.0 Å². The van der Waals surface area contributed by atoms with Crippen LogP contribution in [0.25, 0.3) is 0 Å². The molecule has 0 bridgehead atoms. The number of ether oxygens (including phenoxy) is 1. The molecule has 0 unspecified atom stereocenters. The lowest BCUT2D eigenvalue weighted by Gasteiger charge is -2.39. The second kappa shape index (κ2) is 3.95. The molecule has 0 amide bonds. The van der Waals surface area contributed by atoms with Gasteiger partial charge in [0.1, 0.15) is 5.60 Å². The van der Waals surface area contributed by atoms with Crippen LogP contribution in [0.15, 0.2) is 23.3 Å². The largest absolute Gasteiger partial charge is 0.452 e. The molecule has 2 aliphatic rings. The lowest BCUT2D eigenvalue weighted by molar-refractivity contribution is -0.173. The van der Waals surface area contributed by atoms with E-state index in [0.29, 0.717) is 18.4 Å². The van der Waals surface area contributed by atoms with E-state index in [1.807, 2.05) is 20.8 Å². The molecule has 0 aromatic heterocycles. The third kappa shape index (κ3) is 1.64. The molecule has 1 saturated heterocycles. The van der Waals surface area contributed by atoms with E-state index in [0.717, 1.165) is 17.6 Å². The standard InChI is InChI=1S/C15H22O3/c1-9(2)11-8-15(18-13(11)16)12(10(3)4)6-7-14(15,5)17/h12,17H,3,6-8H2,1-2,4-5H3/t12-,14+,15-/m0/s1. The first-order valence-electron chi connectivity index (χ1n) is 6.49. The second-order valence-corrected chi connectivity index (χ2v) is 6.15. The smallest absolute Gasteiger partial charge is 0.334 e. The summed E-state index contributed by atoms with van der Waals surface area (Å²) in [7, 11) is 0. The van der Waals surface area contributed by atoms with E-state index in [1.54, 1.807) is 6.92 Å². The molecular weight excluding hydrogens is 228 g/mol. The van der Waals surface area contributed by atoms with E-state index >= 15 is 0 Å². The predicted octanol–water partition coefficient (Wildman–Crippen LogP) is 2.75. The van der Waals surface area contributed by atoms with Crippen molar-refractivity contribution in [3.05, 3.63) is 23.3 Å². The van der Waals surface area contributed by atoms with Gasteiger partial charge < -0.3 is 9.84 Å². The molecule has 2 rings (SSSR count). The van der Waals surface area contributed by atoms with E-state index < -0.39 is 11.2 Å². The SMILES string of the molecule is C=C(C)[C@@H]1CC[C@@](C)(O)[C@]12CC(=C(C)C)C(=O)O2. The Morgan fingerprint density at radius 3 is 2.50 bits per heavy atom. The fourth-order valence-electron chi connectivity index (χ4n) is 3.36. The number of hydrogen-bond acceptors (Lipinski definition) is 3. The van der Waals surface area contributed by atoms with Gasteiger partial charge in [-0.1, -0.05) is 17.7 Å². The maximum atomic E-state index is 12.0. The maximum Gasteiger partial charge on any atom is 0.334 e. The van der Waals surface area contributed by atoms with Crippen LogP contribution >= 0.6 is 0 Å². The Labute approximate surface area is 109 Å². The van der Waals surface area contributed by atoms with Crippen molar-refractivity contribution < 1.29 is 14.6 Å². The minimum Gasteiger partial charge on any atom is -0.452 e. The van der Waals surface area contributed by atoms with Gasteiger partial charge in [-0.05, 0) is 40.5 Å². The highest BCUT2D eigenvalue weighted by atomic mass is 16.6. The summed E-state index contributed by atoms with van der Waals surface area (Å²) in [6, 6.07) is 0. The number of hydrogen-bond donors (Lipinski definition) is 1. The highest BCUT2D eigenvalue weighted by Gasteiger charge is 2.63. The van der Waals surface area contributed by atoms with Crippen LogP contribution in [0, 0.1) is 5.92 Å². The minimum absolute atomic E-state index is 0.0494. The van der Waals surface area contributed by atoms with Gasteiger partial charge in [0.15, 0.2) is 5.60 Å². The maximum absolute atomic E-state index is 12.0. The van der Waals surface area contributed by atoms with Crippen molar-refractivity contribution in [3.63, 3.8) is 0 Å². The summed E-state index contributed by atoms with van der Waals surface area (Å²) in [5, 5.41) is 10.6. The summed E-state index contributed by atoms with van der Waals surface area (Å²) in [4.78, 5) is 12.0. The van der Waals surface area contributed by atoms with Crippen molar-refractivity contribution in [1.82, 2.24) is 0 Å². The zero-order valence-corrected chi connectivity index (χ0v) is 11.7. The fraction of sp³-hybridized carbons (Fsp3) is 0.667. The average Bonchev–Trinajstić information content (AvgIpc) is 2.68. The molecule has 3 atom stereocenters. The quantitative estimate of drug-likeness (QED) is 0.442. The molecule has 1 spiro atoms. The Morgan fingerprint density at radius 2 is 2.06 bits per heavy atom. The van der Waals surface area contributed by atoms with Crippen molar-refractivity contribution in [1.29, 1.82) is 0 Å². The lowest BCUT2D eigenvalue weighted by atomic mass is 9.76. The molecule has 1 aliphatic carbocycles. The average molecular weight is 250 g/mol. The second-order valence-electron chi connectivity index (χ2n) is 6.15. The first-order chi connectivity index (χ1) is 8.21. The van der Waals surface area contributed by atoms with Crippen LogP contribution in [0.5, 0.6) is 0 Å². The van der Waals surface area contributed by atoms with Crippen LogP contribution < -0.4 is 0 Å². The Kier molecular flexibility index (Phi) is 2.93.